The Bertz CT molecular complexity index is 537. The zero-order chi connectivity index (χ0) is 12.5. The van der Waals surface area contributed by atoms with Crippen molar-refractivity contribution in [2.75, 3.05) is 17.6 Å². The number of nitrogens with zero attached hydrogens (tertiary/aromatic N) is 1. The molecule has 0 aliphatic rings. The minimum atomic E-state index is -4.27. The third kappa shape index (κ3) is 2.58. The molecular formula is C11H10F3N3. The van der Waals surface area contributed by atoms with Crippen LogP contribution in [0.15, 0.2) is 30.5 Å². The van der Waals surface area contributed by atoms with Crippen LogP contribution in [0.2, 0.25) is 0 Å². The Kier molecular flexibility index (Phi) is 2.79. The summed E-state index contributed by atoms with van der Waals surface area (Å²) in [6.07, 6.45) is -2.67. The maximum Gasteiger partial charge on any atom is 0.405 e. The van der Waals surface area contributed by atoms with Crippen LogP contribution in [0, 0.1) is 0 Å². The SMILES string of the molecule is Nc1c(NCC(F)(F)F)ccc2ncccc12. The highest BCUT2D eigenvalue weighted by molar-refractivity contribution is 5.96. The second kappa shape index (κ2) is 4.12. The van der Waals surface area contributed by atoms with Crippen molar-refractivity contribution in [1.82, 2.24) is 4.98 Å². The van der Waals surface area contributed by atoms with E-state index in [-0.39, 0.29) is 11.4 Å². The molecule has 90 valence electrons. The number of halogens is 3. The summed E-state index contributed by atoms with van der Waals surface area (Å²) >= 11 is 0. The highest BCUT2D eigenvalue weighted by Gasteiger charge is 2.26. The van der Waals surface area contributed by atoms with Crippen LogP contribution >= 0.6 is 0 Å². The largest absolute Gasteiger partial charge is 0.405 e. The normalized spacial score (nSPS) is 11.7. The van der Waals surface area contributed by atoms with Gasteiger partial charge in [0, 0.05) is 11.6 Å². The Morgan fingerprint density at radius 1 is 1.24 bits per heavy atom. The van der Waals surface area contributed by atoms with E-state index < -0.39 is 12.7 Å². The van der Waals surface area contributed by atoms with Crippen LogP contribution in [-0.2, 0) is 0 Å². The fraction of sp³-hybridized carbons (Fsp3) is 0.182. The lowest BCUT2D eigenvalue weighted by Crippen LogP contribution is -2.21. The van der Waals surface area contributed by atoms with Crippen LogP contribution in [0.3, 0.4) is 0 Å². The number of hydrogen-bond acceptors (Lipinski definition) is 3. The van der Waals surface area contributed by atoms with Crippen molar-refractivity contribution in [3.8, 4) is 0 Å². The van der Waals surface area contributed by atoms with Crippen molar-refractivity contribution in [2.24, 2.45) is 0 Å². The number of hydrogen-bond donors (Lipinski definition) is 2. The van der Waals surface area contributed by atoms with Crippen molar-refractivity contribution >= 4 is 22.3 Å². The van der Waals surface area contributed by atoms with E-state index in [9.17, 15) is 13.2 Å². The smallest absolute Gasteiger partial charge is 0.397 e. The van der Waals surface area contributed by atoms with E-state index in [0.717, 1.165) is 0 Å². The van der Waals surface area contributed by atoms with Gasteiger partial charge in [0.1, 0.15) is 6.54 Å². The van der Waals surface area contributed by atoms with Gasteiger partial charge in [-0.05, 0) is 24.3 Å². The van der Waals surface area contributed by atoms with Gasteiger partial charge in [-0.3, -0.25) is 4.98 Å². The molecule has 0 amide bonds. The number of nitrogen functional groups attached to an aromatic ring is 1. The molecule has 0 aliphatic carbocycles. The van der Waals surface area contributed by atoms with Crippen LogP contribution in [0.5, 0.6) is 0 Å². The highest BCUT2D eigenvalue weighted by Crippen LogP contribution is 2.28. The van der Waals surface area contributed by atoms with Gasteiger partial charge in [0.25, 0.3) is 0 Å². The first kappa shape index (κ1) is 11.5. The average Bonchev–Trinajstić information content (AvgIpc) is 2.27. The van der Waals surface area contributed by atoms with Crippen LogP contribution in [0.1, 0.15) is 0 Å². The predicted octanol–water partition coefficient (Wildman–Crippen LogP) is 2.79. The van der Waals surface area contributed by atoms with Gasteiger partial charge in [0.2, 0.25) is 0 Å². The Hall–Kier alpha value is -1.98. The summed E-state index contributed by atoms with van der Waals surface area (Å²) in [7, 11) is 0. The van der Waals surface area contributed by atoms with Crippen molar-refractivity contribution < 1.29 is 13.2 Å². The van der Waals surface area contributed by atoms with Crippen LogP contribution in [-0.4, -0.2) is 17.7 Å². The first-order valence-electron chi connectivity index (χ1n) is 4.91. The number of rotatable bonds is 2. The van der Waals surface area contributed by atoms with Crippen molar-refractivity contribution in [1.29, 1.82) is 0 Å². The van der Waals surface area contributed by atoms with Crippen LogP contribution < -0.4 is 11.1 Å². The predicted molar refractivity (Wildman–Crippen MR) is 60.7 cm³/mol. The molecule has 0 radical (unpaired) electrons. The van der Waals surface area contributed by atoms with Gasteiger partial charge in [0.15, 0.2) is 0 Å². The molecule has 3 N–H and O–H groups in total. The fourth-order valence-corrected chi connectivity index (χ4v) is 1.52. The van der Waals surface area contributed by atoms with Gasteiger partial charge in [-0.2, -0.15) is 13.2 Å². The summed E-state index contributed by atoms with van der Waals surface area (Å²) in [5.41, 5.74) is 6.98. The van der Waals surface area contributed by atoms with Gasteiger partial charge >= 0.3 is 6.18 Å². The summed E-state index contributed by atoms with van der Waals surface area (Å²) in [4.78, 5) is 4.06. The maximum absolute atomic E-state index is 12.1. The van der Waals surface area contributed by atoms with E-state index in [1.165, 1.54) is 6.07 Å². The maximum atomic E-state index is 12.1. The number of alkyl halides is 3. The van der Waals surface area contributed by atoms with Gasteiger partial charge in [-0.15, -0.1) is 0 Å². The van der Waals surface area contributed by atoms with E-state index >= 15 is 0 Å². The molecule has 0 saturated carbocycles. The number of aromatic nitrogens is 1. The summed E-state index contributed by atoms with van der Waals surface area (Å²) in [6.45, 7) is -1.11. The van der Waals surface area contributed by atoms with Crippen LogP contribution in [0.4, 0.5) is 24.5 Å². The van der Waals surface area contributed by atoms with Gasteiger partial charge in [-0.25, -0.2) is 0 Å². The first-order chi connectivity index (χ1) is 7.97. The molecule has 0 saturated heterocycles. The van der Waals surface area contributed by atoms with E-state index in [1.807, 2.05) is 0 Å². The Morgan fingerprint density at radius 3 is 2.71 bits per heavy atom. The molecule has 1 heterocycles. The van der Waals surface area contributed by atoms with E-state index in [1.54, 1.807) is 24.4 Å². The monoisotopic (exact) mass is 241 g/mol. The fourth-order valence-electron chi connectivity index (χ4n) is 1.52. The summed E-state index contributed by atoms with van der Waals surface area (Å²) in [5, 5.41) is 2.91. The Morgan fingerprint density at radius 2 is 2.00 bits per heavy atom. The molecule has 2 aromatic rings. The minimum Gasteiger partial charge on any atom is -0.397 e. The second-order valence-corrected chi connectivity index (χ2v) is 3.57. The van der Waals surface area contributed by atoms with Crippen LogP contribution in [0.25, 0.3) is 10.9 Å². The van der Waals surface area contributed by atoms with Gasteiger partial charge < -0.3 is 11.1 Å². The first-order valence-corrected chi connectivity index (χ1v) is 4.91. The highest BCUT2D eigenvalue weighted by atomic mass is 19.4. The van der Waals surface area contributed by atoms with Gasteiger partial charge in [-0.1, -0.05) is 0 Å². The standard InChI is InChI=1S/C11H10F3N3/c12-11(13,14)6-17-9-4-3-8-7(10(9)15)2-1-5-16-8/h1-5,17H,6,15H2. The molecule has 0 atom stereocenters. The summed E-state index contributed by atoms with van der Waals surface area (Å²) in [5.74, 6) is 0. The van der Waals surface area contributed by atoms with Crippen molar-refractivity contribution in [3.63, 3.8) is 0 Å². The average molecular weight is 241 g/mol. The number of fused-ring (bicyclic) bond motifs is 1. The lowest BCUT2D eigenvalue weighted by atomic mass is 10.1. The number of nitrogens with two attached hydrogens (primary N) is 1. The van der Waals surface area contributed by atoms with Crippen molar-refractivity contribution in [3.05, 3.63) is 30.5 Å². The summed E-state index contributed by atoms with van der Waals surface area (Å²) < 4.78 is 36.2. The molecule has 1 aromatic carbocycles. The third-order valence-electron chi connectivity index (χ3n) is 2.31. The molecular weight excluding hydrogens is 231 g/mol. The molecule has 6 heteroatoms. The molecule has 0 bridgehead atoms. The lowest BCUT2D eigenvalue weighted by Gasteiger charge is -2.12. The van der Waals surface area contributed by atoms with Gasteiger partial charge in [0.05, 0.1) is 16.9 Å². The van der Waals surface area contributed by atoms with E-state index in [0.29, 0.717) is 10.9 Å². The molecule has 0 unspecified atom stereocenters. The molecule has 0 aliphatic heterocycles. The number of benzene rings is 1. The zero-order valence-electron chi connectivity index (χ0n) is 8.75. The quantitative estimate of drug-likeness (QED) is 0.795. The zero-order valence-corrected chi connectivity index (χ0v) is 8.75. The summed E-state index contributed by atoms with van der Waals surface area (Å²) in [6, 6.07) is 6.53. The number of pyridine rings is 1. The van der Waals surface area contributed by atoms with E-state index in [2.05, 4.69) is 10.3 Å². The lowest BCUT2D eigenvalue weighted by molar-refractivity contribution is -0.115. The number of nitrogens with one attached hydrogen (secondary N) is 1. The van der Waals surface area contributed by atoms with E-state index in [4.69, 9.17) is 5.73 Å². The number of anilines is 2. The topological polar surface area (TPSA) is 50.9 Å². The molecule has 1 aromatic heterocycles. The Labute approximate surface area is 95.4 Å². The molecule has 0 fully saturated rings. The molecule has 0 spiro atoms. The molecule has 17 heavy (non-hydrogen) atoms. The third-order valence-corrected chi connectivity index (χ3v) is 2.31. The molecule has 2 rings (SSSR count). The Balaban J connectivity index is 2.33. The second-order valence-electron chi connectivity index (χ2n) is 3.57. The molecule has 3 nitrogen and oxygen atoms in total. The minimum absolute atomic E-state index is 0.267. The van der Waals surface area contributed by atoms with Crippen molar-refractivity contribution in [2.45, 2.75) is 6.18 Å².